The second-order valence-electron chi connectivity index (χ2n) is 6.32. The van der Waals surface area contributed by atoms with Gasteiger partial charge in [-0.1, -0.05) is 25.1 Å². The minimum Gasteiger partial charge on any atom is -0.345 e. The van der Waals surface area contributed by atoms with Crippen molar-refractivity contribution in [1.29, 1.82) is 5.26 Å². The number of benzene rings is 1. The Morgan fingerprint density at radius 1 is 1.38 bits per heavy atom. The number of nitrogens with zero attached hydrogens (tertiary/aromatic N) is 3. The first-order valence-corrected chi connectivity index (χ1v) is 8.86. The lowest BCUT2D eigenvalue weighted by atomic mass is 9.88. The summed E-state index contributed by atoms with van der Waals surface area (Å²) in [4.78, 5) is 16.4. The van der Waals surface area contributed by atoms with E-state index in [1.807, 2.05) is 13.0 Å². The number of aryl methyl sites for hydroxylation is 2. The molecule has 0 fully saturated rings. The highest BCUT2D eigenvalue weighted by atomic mass is 16.1. The molecule has 0 aliphatic heterocycles. The number of aromatic nitrogens is 3. The van der Waals surface area contributed by atoms with Gasteiger partial charge in [0.05, 0.1) is 6.04 Å². The fourth-order valence-electron chi connectivity index (χ4n) is 3.19. The molecular formula is C19H22N6O. The number of aromatic amines is 1. The van der Waals surface area contributed by atoms with Crippen molar-refractivity contribution >= 4 is 11.9 Å². The van der Waals surface area contributed by atoms with Crippen LogP contribution in [-0.4, -0.2) is 21.1 Å². The number of carbonyl (C=O) groups is 1. The highest BCUT2D eigenvalue weighted by Gasteiger charge is 2.18. The third-order valence-electron chi connectivity index (χ3n) is 4.62. The summed E-state index contributed by atoms with van der Waals surface area (Å²) in [5, 5.41) is 21.3. The Hall–Kier alpha value is -3.14. The molecule has 1 aromatic carbocycles. The number of anilines is 1. The Morgan fingerprint density at radius 2 is 2.19 bits per heavy atom. The van der Waals surface area contributed by atoms with Gasteiger partial charge < -0.3 is 10.6 Å². The summed E-state index contributed by atoms with van der Waals surface area (Å²) in [5.74, 6) is -0.0450. The molecule has 7 nitrogen and oxygen atoms in total. The van der Waals surface area contributed by atoms with Crippen molar-refractivity contribution in [2.45, 2.75) is 45.1 Å². The molecule has 0 bridgehead atoms. The Morgan fingerprint density at radius 3 is 2.88 bits per heavy atom. The van der Waals surface area contributed by atoms with Gasteiger partial charge in [0, 0.05) is 6.20 Å². The molecule has 2 aromatic rings. The van der Waals surface area contributed by atoms with Crippen LogP contribution >= 0.6 is 0 Å². The molecule has 7 heteroatoms. The zero-order chi connectivity index (χ0) is 18.4. The summed E-state index contributed by atoms with van der Waals surface area (Å²) in [6.45, 7) is 2.02. The Kier molecular flexibility index (Phi) is 5.64. The minimum atomic E-state index is -0.413. The van der Waals surface area contributed by atoms with Crippen molar-refractivity contribution in [1.82, 2.24) is 20.5 Å². The SMILES string of the molecule is CCC(NC(=O)/C(C#N)=C\Nc1ncn[nH]1)c1ccc2c(c1)CCCC2. The van der Waals surface area contributed by atoms with Gasteiger partial charge in [-0.2, -0.15) is 15.3 Å². The Balaban J connectivity index is 1.71. The molecule has 1 aromatic heterocycles. The van der Waals surface area contributed by atoms with E-state index in [4.69, 9.17) is 0 Å². The topological polar surface area (TPSA) is 106 Å². The lowest BCUT2D eigenvalue weighted by molar-refractivity contribution is -0.117. The summed E-state index contributed by atoms with van der Waals surface area (Å²) in [6, 6.07) is 8.25. The number of hydrogen-bond acceptors (Lipinski definition) is 5. The van der Waals surface area contributed by atoms with Crippen LogP contribution in [-0.2, 0) is 17.6 Å². The van der Waals surface area contributed by atoms with Gasteiger partial charge in [-0.25, -0.2) is 5.10 Å². The first-order valence-electron chi connectivity index (χ1n) is 8.86. The van der Waals surface area contributed by atoms with Crippen molar-refractivity contribution in [3.05, 3.63) is 53.0 Å². The summed E-state index contributed by atoms with van der Waals surface area (Å²) >= 11 is 0. The molecule has 1 unspecified atom stereocenters. The number of rotatable bonds is 6. The maximum Gasteiger partial charge on any atom is 0.263 e. The molecular weight excluding hydrogens is 328 g/mol. The van der Waals surface area contributed by atoms with E-state index < -0.39 is 5.91 Å². The molecule has 3 N–H and O–H groups in total. The second kappa shape index (κ2) is 8.30. The molecule has 1 heterocycles. The van der Waals surface area contributed by atoms with Gasteiger partial charge in [0.2, 0.25) is 5.95 Å². The zero-order valence-electron chi connectivity index (χ0n) is 14.7. The van der Waals surface area contributed by atoms with Crippen LogP contribution in [0.1, 0.15) is 48.9 Å². The molecule has 1 amide bonds. The van der Waals surface area contributed by atoms with Gasteiger partial charge in [-0.05, 0) is 48.8 Å². The number of fused-ring (bicyclic) bond motifs is 1. The van der Waals surface area contributed by atoms with Gasteiger partial charge in [-0.3, -0.25) is 4.79 Å². The molecule has 0 radical (unpaired) electrons. The van der Waals surface area contributed by atoms with E-state index >= 15 is 0 Å². The third kappa shape index (κ3) is 4.09. The van der Waals surface area contributed by atoms with Gasteiger partial charge in [-0.15, -0.1) is 0 Å². The van der Waals surface area contributed by atoms with Crippen LogP contribution in [0.15, 0.2) is 36.3 Å². The fraction of sp³-hybridized carbons (Fsp3) is 0.368. The molecule has 1 atom stereocenters. The largest absolute Gasteiger partial charge is 0.345 e. The fourth-order valence-corrected chi connectivity index (χ4v) is 3.19. The first kappa shape index (κ1) is 17.7. The van der Waals surface area contributed by atoms with Crippen LogP contribution in [0.3, 0.4) is 0 Å². The lowest BCUT2D eigenvalue weighted by Crippen LogP contribution is -2.29. The van der Waals surface area contributed by atoms with Crippen LogP contribution < -0.4 is 10.6 Å². The second-order valence-corrected chi connectivity index (χ2v) is 6.32. The van der Waals surface area contributed by atoms with Crippen LogP contribution in [0.4, 0.5) is 5.95 Å². The van der Waals surface area contributed by atoms with Gasteiger partial charge in [0.15, 0.2) is 0 Å². The van der Waals surface area contributed by atoms with Crippen molar-refractivity contribution < 1.29 is 4.79 Å². The van der Waals surface area contributed by atoms with Crippen molar-refractivity contribution in [3.63, 3.8) is 0 Å². The molecule has 134 valence electrons. The summed E-state index contributed by atoms with van der Waals surface area (Å²) in [6.07, 6.45) is 8.11. The van der Waals surface area contributed by atoms with Crippen LogP contribution in [0, 0.1) is 11.3 Å². The number of nitrogens with one attached hydrogen (secondary N) is 3. The molecule has 1 aliphatic rings. The molecule has 3 rings (SSSR count). The standard InChI is InChI=1S/C19H22N6O/c1-2-17(15-8-7-13-5-3-4-6-14(13)9-15)24-18(26)16(10-20)11-21-19-22-12-23-25-19/h7-9,11-12,17H,2-6H2,1H3,(H,24,26)(H2,21,22,23,25)/b16-11-. The minimum absolute atomic E-state index is 0.0159. The van der Waals surface area contributed by atoms with E-state index in [-0.39, 0.29) is 11.6 Å². The van der Waals surface area contributed by atoms with Crippen molar-refractivity contribution in [2.75, 3.05) is 5.32 Å². The normalized spacial score (nSPS) is 14.8. The van der Waals surface area contributed by atoms with E-state index in [1.54, 1.807) is 0 Å². The average molecular weight is 350 g/mol. The third-order valence-corrected chi connectivity index (χ3v) is 4.62. The maximum atomic E-state index is 12.5. The number of amides is 1. The summed E-state index contributed by atoms with van der Waals surface area (Å²) in [7, 11) is 0. The molecule has 0 saturated carbocycles. The van der Waals surface area contributed by atoms with Gasteiger partial charge >= 0.3 is 0 Å². The van der Waals surface area contributed by atoms with E-state index in [2.05, 4.69) is 44.0 Å². The Labute approximate surface area is 152 Å². The van der Waals surface area contributed by atoms with Crippen molar-refractivity contribution in [2.24, 2.45) is 0 Å². The highest BCUT2D eigenvalue weighted by molar-refractivity contribution is 5.97. The molecule has 26 heavy (non-hydrogen) atoms. The van der Waals surface area contributed by atoms with E-state index in [0.29, 0.717) is 5.95 Å². The summed E-state index contributed by atoms with van der Waals surface area (Å²) < 4.78 is 0. The average Bonchev–Trinajstić information content (AvgIpc) is 3.19. The smallest absolute Gasteiger partial charge is 0.263 e. The van der Waals surface area contributed by atoms with Crippen molar-refractivity contribution in [3.8, 4) is 6.07 Å². The molecule has 0 spiro atoms. The number of carbonyl (C=O) groups excluding carboxylic acids is 1. The Bertz CT molecular complexity index is 834. The highest BCUT2D eigenvalue weighted by Crippen LogP contribution is 2.26. The summed E-state index contributed by atoms with van der Waals surface area (Å²) in [5.41, 5.74) is 3.86. The van der Waals surface area contributed by atoms with Crippen LogP contribution in [0.5, 0.6) is 0 Å². The lowest BCUT2D eigenvalue weighted by Gasteiger charge is -2.21. The van der Waals surface area contributed by atoms with Crippen LogP contribution in [0.25, 0.3) is 0 Å². The molecule has 1 aliphatic carbocycles. The van der Waals surface area contributed by atoms with E-state index in [0.717, 1.165) is 24.8 Å². The predicted octanol–water partition coefficient (Wildman–Crippen LogP) is 2.77. The zero-order valence-corrected chi connectivity index (χ0v) is 14.7. The first-order chi connectivity index (χ1) is 12.7. The van der Waals surface area contributed by atoms with E-state index in [9.17, 15) is 10.1 Å². The number of H-pyrrole nitrogens is 1. The monoisotopic (exact) mass is 350 g/mol. The number of nitriles is 1. The van der Waals surface area contributed by atoms with Gasteiger partial charge in [0.1, 0.15) is 18.0 Å². The van der Waals surface area contributed by atoms with E-state index in [1.165, 1.54) is 36.5 Å². The predicted molar refractivity (Wildman–Crippen MR) is 98.0 cm³/mol. The maximum absolute atomic E-state index is 12.5. The van der Waals surface area contributed by atoms with Gasteiger partial charge in [0.25, 0.3) is 5.91 Å². The quantitative estimate of drug-likeness (QED) is 0.548. The number of hydrogen-bond donors (Lipinski definition) is 3. The van der Waals surface area contributed by atoms with Crippen LogP contribution in [0.2, 0.25) is 0 Å². The molecule has 0 saturated heterocycles.